The lowest BCUT2D eigenvalue weighted by molar-refractivity contribution is 0.869. The first-order valence-electron chi connectivity index (χ1n) is 6.06. The van der Waals surface area contributed by atoms with Crippen LogP contribution in [0.1, 0.15) is 25.3 Å². The normalized spacial score (nSPS) is 11.5. The number of aromatic nitrogens is 2. The van der Waals surface area contributed by atoms with Gasteiger partial charge in [0.25, 0.3) is 5.56 Å². The molecule has 1 aromatic heterocycles. The number of fused-ring (bicyclic) bond motifs is 2. The molecule has 0 atom stereocenters. The average Bonchev–Trinajstić information content (AvgIpc) is 2.36. The molecule has 0 radical (unpaired) electrons. The first kappa shape index (κ1) is 11.0. The number of nitrogens with one attached hydrogen (secondary N) is 1. The van der Waals surface area contributed by atoms with Crippen LogP contribution in [0.25, 0.3) is 21.7 Å². The average molecular weight is 238 g/mol. The maximum atomic E-state index is 11.7. The van der Waals surface area contributed by atoms with Gasteiger partial charge in [-0.25, -0.2) is 4.98 Å². The molecule has 0 bridgehead atoms. The molecule has 18 heavy (non-hydrogen) atoms. The van der Waals surface area contributed by atoms with Crippen molar-refractivity contribution in [2.24, 2.45) is 0 Å². The third-order valence-electron chi connectivity index (χ3n) is 3.29. The van der Waals surface area contributed by atoms with Gasteiger partial charge in [-0.2, -0.15) is 0 Å². The minimum absolute atomic E-state index is 0.0862. The molecule has 0 aliphatic heterocycles. The minimum atomic E-state index is -0.0862. The van der Waals surface area contributed by atoms with Crippen molar-refractivity contribution in [1.82, 2.24) is 9.97 Å². The van der Waals surface area contributed by atoms with Crippen molar-refractivity contribution in [1.29, 1.82) is 0 Å². The monoisotopic (exact) mass is 238 g/mol. The van der Waals surface area contributed by atoms with Crippen molar-refractivity contribution in [3.05, 3.63) is 52.6 Å². The zero-order valence-electron chi connectivity index (χ0n) is 10.4. The van der Waals surface area contributed by atoms with E-state index in [1.165, 1.54) is 11.9 Å². The van der Waals surface area contributed by atoms with Gasteiger partial charge in [0.15, 0.2) is 0 Å². The van der Waals surface area contributed by atoms with Crippen molar-refractivity contribution in [2.75, 3.05) is 0 Å². The van der Waals surface area contributed by atoms with E-state index in [4.69, 9.17) is 0 Å². The molecular formula is C15H14N2O. The molecule has 0 saturated carbocycles. The van der Waals surface area contributed by atoms with Gasteiger partial charge in [0.1, 0.15) is 0 Å². The lowest BCUT2D eigenvalue weighted by Gasteiger charge is -2.07. The Bertz CT molecular complexity index is 787. The molecule has 3 nitrogen and oxygen atoms in total. The second-order valence-corrected chi connectivity index (χ2v) is 4.86. The Hall–Kier alpha value is -2.16. The molecular weight excluding hydrogens is 224 g/mol. The highest BCUT2D eigenvalue weighted by molar-refractivity contribution is 5.96. The maximum absolute atomic E-state index is 11.7. The molecule has 90 valence electrons. The van der Waals surface area contributed by atoms with Gasteiger partial charge in [0.05, 0.1) is 17.2 Å². The van der Waals surface area contributed by atoms with Crippen LogP contribution in [0.4, 0.5) is 0 Å². The van der Waals surface area contributed by atoms with Crippen LogP contribution >= 0.6 is 0 Å². The highest BCUT2D eigenvalue weighted by atomic mass is 16.1. The summed E-state index contributed by atoms with van der Waals surface area (Å²) in [6, 6.07) is 10.2. The van der Waals surface area contributed by atoms with E-state index >= 15 is 0 Å². The van der Waals surface area contributed by atoms with E-state index in [0.717, 1.165) is 16.3 Å². The van der Waals surface area contributed by atoms with Gasteiger partial charge in [0, 0.05) is 0 Å². The van der Waals surface area contributed by atoms with E-state index in [1.807, 2.05) is 12.1 Å². The smallest absolute Gasteiger partial charge is 0.258 e. The molecule has 0 saturated heterocycles. The fraction of sp³-hybridized carbons (Fsp3) is 0.200. The van der Waals surface area contributed by atoms with E-state index in [-0.39, 0.29) is 5.56 Å². The first-order valence-corrected chi connectivity index (χ1v) is 6.06. The Morgan fingerprint density at radius 1 is 1.11 bits per heavy atom. The van der Waals surface area contributed by atoms with Crippen LogP contribution in [0.15, 0.2) is 41.5 Å². The molecule has 2 aromatic carbocycles. The van der Waals surface area contributed by atoms with E-state index in [9.17, 15) is 4.79 Å². The number of nitrogens with zero attached hydrogens (tertiary/aromatic N) is 1. The number of H-pyrrole nitrogens is 1. The van der Waals surface area contributed by atoms with Crippen LogP contribution in [-0.4, -0.2) is 9.97 Å². The summed E-state index contributed by atoms with van der Waals surface area (Å²) in [5.41, 5.74) is 1.93. The van der Waals surface area contributed by atoms with Gasteiger partial charge in [-0.15, -0.1) is 0 Å². The summed E-state index contributed by atoms with van der Waals surface area (Å²) in [5, 5.41) is 2.85. The van der Waals surface area contributed by atoms with E-state index < -0.39 is 0 Å². The van der Waals surface area contributed by atoms with Crippen molar-refractivity contribution in [2.45, 2.75) is 19.8 Å². The summed E-state index contributed by atoms with van der Waals surface area (Å²) in [7, 11) is 0. The van der Waals surface area contributed by atoms with E-state index in [2.05, 4.69) is 42.0 Å². The molecule has 1 heterocycles. The van der Waals surface area contributed by atoms with Gasteiger partial charge >= 0.3 is 0 Å². The van der Waals surface area contributed by atoms with Gasteiger partial charge < -0.3 is 4.98 Å². The summed E-state index contributed by atoms with van der Waals surface area (Å²) in [5.74, 6) is 0.484. The fourth-order valence-electron chi connectivity index (χ4n) is 2.19. The van der Waals surface area contributed by atoms with Crippen LogP contribution in [-0.2, 0) is 0 Å². The summed E-state index contributed by atoms with van der Waals surface area (Å²) in [6.45, 7) is 4.33. The van der Waals surface area contributed by atoms with E-state index in [1.54, 1.807) is 0 Å². The van der Waals surface area contributed by atoms with Crippen LogP contribution < -0.4 is 5.56 Å². The number of aromatic amines is 1. The Labute approximate surface area is 104 Å². The standard InChI is InChI=1S/C15H14N2O/c1-9(2)10-3-4-11-7-14-13(6-12(11)5-10)15(18)17-8-16-14/h3-9H,1-2H3,(H,16,17,18). The van der Waals surface area contributed by atoms with Crippen LogP contribution in [0.2, 0.25) is 0 Å². The second kappa shape index (κ2) is 3.95. The lowest BCUT2D eigenvalue weighted by atomic mass is 9.98. The van der Waals surface area contributed by atoms with Crippen LogP contribution in [0.3, 0.4) is 0 Å². The SMILES string of the molecule is CC(C)c1ccc2cc3nc[nH]c(=O)c3cc2c1. The third kappa shape index (κ3) is 1.68. The van der Waals surface area contributed by atoms with Crippen LogP contribution in [0.5, 0.6) is 0 Å². The Balaban J connectivity index is 2.39. The van der Waals surface area contributed by atoms with Gasteiger partial charge in [0.2, 0.25) is 0 Å². The zero-order chi connectivity index (χ0) is 12.7. The topological polar surface area (TPSA) is 45.8 Å². The Morgan fingerprint density at radius 3 is 2.72 bits per heavy atom. The molecule has 0 aliphatic rings. The van der Waals surface area contributed by atoms with Crippen molar-refractivity contribution >= 4 is 21.7 Å². The summed E-state index contributed by atoms with van der Waals surface area (Å²) >= 11 is 0. The predicted molar refractivity (Wildman–Crippen MR) is 74.0 cm³/mol. The Morgan fingerprint density at radius 2 is 1.94 bits per heavy atom. The lowest BCUT2D eigenvalue weighted by Crippen LogP contribution is -2.05. The highest BCUT2D eigenvalue weighted by Gasteiger charge is 2.04. The number of benzene rings is 2. The minimum Gasteiger partial charge on any atom is -0.313 e. The number of rotatable bonds is 1. The van der Waals surface area contributed by atoms with Gasteiger partial charge in [-0.05, 0) is 34.4 Å². The third-order valence-corrected chi connectivity index (χ3v) is 3.29. The summed E-state index contributed by atoms with van der Waals surface area (Å²) < 4.78 is 0. The van der Waals surface area contributed by atoms with Crippen molar-refractivity contribution in [3.63, 3.8) is 0 Å². The highest BCUT2D eigenvalue weighted by Crippen LogP contribution is 2.23. The molecule has 1 N–H and O–H groups in total. The number of hydrogen-bond acceptors (Lipinski definition) is 2. The quantitative estimate of drug-likeness (QED) is 0.662. The van der Waals surface area contributed by atoms with Gasteiger partial charge in [-0.3, -0.25) is 4.79 Å². The second-order valence-electron chi connectivity index (χ2n) is 4.86. The molecule has 0 fully saturated rings. The molecule has 3 aromatic rings. The van der Waals surface area contributed by atoms with Crippen molar-refractivity contribution in [3.8, 4) is 0 Å². The van der Waals surface area contributed by atoms with Gasteiger partial charge in [-0.1, -0.05) is 32.0 Å². The molecule has 0 unspecified atom stereocenters. The summed E-state index contributed by atoms with van der Waals surface area (Å²) in [4.78, 5) is 18.5. The summed E-state index contributed by atoms with van der Waals surface area (Å²) in [6.07, 6.45) is 1.44. The molecule has 0 spiro atoms. The largest absolute Gasteiger partial charge is 0.313 e. The van der Waals surface area contributed by atoms with Crippen LogP contribution in [0, 0.1) is 0 Å². The predicted octanol–water partition coefficient (Wildman–Crippen LogP) is 3.20. The first-order chi connectivity index (χ1) is 8.65. The maximum Gasteiger partial charge on any atom is 0.258 e. The van der Waals surface area contributed by atoms with E-state index in [0.29, 0.717) is 11.3 Å². The number of hydrogen-bond donors (Lipinski definition) is 1. The zero-order valence-corrected chi connectivity index (χ0v) is 10.4. The van der Waals surface area contributed by atoms with Crippen molar-refractivity contribution < 1.29 is 0 Å². The Kier molecular flexibility index (Phi) is 2.40. The molecule has 3 rings (SSSR count). The molecule has 0 aliphatic carbocycles. The fourth-order valence-corrected chi connectivity index (χ4v) is 2.19. The molecule has 0 amide bonds. The molecule has 3 heteroatoms.